The van der Waals surface area contributed by atoms with E-state index >= 15 is 0 Å². The van der Waals surface area contributed by atoms with Crippen molar-refractivity contribution >= 4 is 6.09 Å². The van der Waals surface area contributed by atoms with Gasteiger partial charge in [-0.3, -0.25) is 0 Å². The van der Waals surface area contributed by atoms with Gasteiger partial charge in [0.25, 0.3) is 0 Å². The molecule has 5 nitrogen and oxygen atoms in total. The lowest BCUT2D eigenvalue weighted by Crippen LogP contribution is -2.41. The zero-order valence-electron chi connectivity index (χ0n) is 11.6. The summed E-state index contributed by atoms with van der Waals surface area (Å²) in [6, 6.07) is 6.68. The Balaban J connectivity index is 2.36. The number of ether oxygens (including phenoxy) is 1. The summed E-state index contributed by atoms with van der Waals surface area (Å²) in [7, 11) is 0. The van der Waals surface area contributed by atoms with Crippen LogP contribution >= 0.6 is 0 Å². The Kier molecular flexibility index (Phi) is 5.18. The third-order valence-corrected chi connectivity index (χ3v) is 2.32. The van der Waals surface area contributed by atoms with Crippen LogP contribution in [-0.4, -0.2) is 29.4 Å². The monoisotopic (exact) mass is 266 g/mol. The van der Waals surface area contributed by atoms with Crippen LogP contribution in [0.4, 0.5) is 4.79 Å². The molecule has 0 fully saturated rings. The number of aromatic hydroxyl groups is 1. The molecule has 0 aliphatic rings. The molecule has 1 rings (SSSR count). The molecule has 5 heteroatoms. The average Bonchev–Trinajstić information content (AvgIpc) is 2.24. The summed E-state index contributed by atoms with van der Waals surface area (Å²) in [5, 5.41) is 12.0. The first kappa shape index (κ1) is 15.3. The first-order chi connectivity index (χ1) is 8.76. The predicted octanol–water partition coefficient (Wildman–Crippen LogP) is 1.79. The second-order valence-electron chi connectivity index (χ2n) is 5.52. The zero-order valence-corrected chi connectivity index (χ0v) is 11.6. The highest BCUT2D eigenvalue weighted by molar-refractivity contribution is 5.67. The molecule has 106 valence electrons. The van der Waals surface area contributed by atoms with Crippen LogP contribution in [0.2, 0.25) is 0 Å². The summed E-state index contributed by atoms with van der Waals surface area (Å²) in [5.41, 5.74) is 6.33. The number of phenolic OH excluding ortho intramolecular Hbond substituents is 1. The maximum absolute atomic E-state index is 11.4. The number of alkyl carbamates (subject to hydrolysis) is 1. The van der Waals surface area contributed by atoms with Crippen LogP contribution in [0.3, 0.4) is 0 Å². The molecule has 1 atom stereocenters. The maximum atomic E-state index is 11.4. The summed E-state index contributed by atoms with van der Waals surface area (Å²) < 4.78 is 5.11. The number of carbonyl (C=O) groups is 1. The molecule has 1 aromatic rings. The lowest BCUT2D eigenvalue weighted by atomic mass is 10.1. The van der Waals surface area contributed by atoms with Crippen LogP contribution in [0.25, 0.3) is 0 Å². The van der Waals surface area contributed by atoms with Crippen molar-refractivity contribution in [2.45, 2.75) is 38.8 Å². The van der Waals surface area contributed by atoms with E-state index in [2.05, 4.69) is 5.32 Å². The van der Waals surface area contributed by atoms with Crippen LogP contribution in [0.15, 0.2) is 24.3 Å². The van der Waals surface area contributed by atoms with Crippen molar-refractivity contribution in [1.82, 2.24) is 5.32 Å². The summed E-state index contributed by atoms with van der Waals surface area (Å²) in [6.45, 7) is 5.74. The van der Waals surface area contributed by atoms with Gasteiger partial charge in [-0.2, -0.15) is 0 Å². The van der Waals surface area contributed by atoms with Gasteiger partial charge in [0.05, 0.1) is 0 Å². The zero-order chi connectivity index (χ0) is 14.5. The lowest BCUT2D eigenvalue weighted by molar-refractivity contribution is 0.0524. The van der Waals surface area contributed by atoms with E-state index < -0.39 is 11.7 Å². The van der Waals surface area contributed by atoms with Gasteiger partial charge in [0, 0.05) is 12.6 Å². The maximum Gasteiger partial charge on any atom is 0.407 e. The molecule has 0 heterocycles. The molecule has 1 aromatic carbocycles. The largest absolute Gasteiger partial charge is 0.508 e. The lowest BCUT2D eigenvalue weighted by Gasteiger charge is -2.20. The molecule has 1 unspecified atom stereocenters. The number of rotatable bonds is 4. The second kappa shape index (κ2) is 6.43. The summed E-state index contributed by atoms with van der Waals surface area (Å²) in [5.74, 6) is 0.213. The molecule has 0 spiro atoms. The standard InChI is InChI=1S/C14H22N2O3/c1-14(2,3)19-13(18)16-9-11(15)7-10-5-4-6-12(17)8-10/h4-6,8,11,17H,7,9,15H2,1-3H3,(H,16,18). The van der Waals surface area contributed by atoms with Crippen molar-refractivity contribution in [2.75, 3.05) is 6.54 Å². The third kappa shape index (κ3) is 6.67. The Labute approximate surface area is 113 Å². The minimum absolute atomic E-state index is 0.213. The van der Waals surface area contributed by atoms with E-state index in [9.17, 15) is 9.90 Å². The Morgan fingerprint density at radius 3 is 2.74 bits per heavy atom. The first-order valence-electron chi connectivity index (χ1n) is 6.26. The van der Waals surface area contributed by atoms with Crippen molar-refractivity contribution in [3.63, 3.8) is 0 Å². The minimum atomic E-state index is -0.514. The molecule has 0 saturated carbocycles. The van der Waals surface area contributed by atoms with E-state index in [0.29, 0.717) is 13.0 Å². The number of phenols is 1. The van der Waals surface area contributed by atoms with E-state index in [4.69, 9.17) is 10.5 Å². The highest BCUT2D eigenvalue weighted by Crippen LogP contribution is 2.12. The molecule has 0 radical (unpaired) electrons. The van der Waals surface area contributed by atoms with Gasteiger partial charge >= 0.3 is 6.09 Å². The fourth-order valence-corrected chi connectivity index (χ4v) is 1.59. The number of nitrogens with two attached hydrogens (primary N) is 1. The number of hydrogen-bond donors (Lipinski definition) is 3. The Bertz CT molecular complexity index is 427. The quantitative estimate of drug-likeness (QED) is 0.775. The number of amides is 1. The molecule has 0 bridgehead atoms. The fourth-order valence-electron chi connectivity index (χ4n) is 1.59. The van der Waals surface area contributed by atoms with E-state index in [1.807, 2.05) is 6.07 Å². The van der Waals surface area contributed by atoms with Crippen molar-refractivity contribution < 1.29 is 14.6 Å². The van der Waals surface area contributed by atoms with Gasteiger partial charge in [-0.15, -0.1) is 0 Å². The van der Waals surface area contributed by atoms with Gasteiger partial charge in [-0.1, -0.05) is 12.1 Å². The number of carbonyl (C=O) groups excluding carboxylic acids is 1. The van der Waals surface area contributed by atoms with Crippen molar-refractivity contribution in [2.24, 2.45) is 5.73 Å². The normalized spacial score (nSPS) is 12.8. The average molecular weight is 266 g/mol. The molecule has 4 N–H and O–H groups in total. The molecule has 0 aliphatic carbocycles. The van der Waals surface area contributed by atoms with E-state index in [1.54, 1.807) is 39.0 Å². The van der Waals surface area contributed by atoms with Gasteiger partial charge < -0.3 is 20.9 Å². The van der Waals surface area contributed by atoms with Crippen molar-refractivity contribution in [3.8, 4) is 5.75 Å². The Morgan fingerprint density at radius 1 is 1.47 bits per heavy atom. The van der Waals surface area contributed by atoms with Gasteiger partial charge in [0.15, 0.2) is 0 Å². The minimum Gasteiger partial charge on any atom is -0.508 e. The molecule has 0 aliphatic heterocycles. The number of nitrogens with one attached hydrogen (secondary N) is 1. The second-order valence-corrected chi connectivity index (χ2v) is 5.52. The highest BCUT2D eigenvalue weighted by Gasteiger charge is 2.16. The van der Waals surface area contributed by atoms with Crippen LogP contribution in [0, 0.1) is 0 Å². The fraction of sp³-hybridized carbons (Fsp3) is 0.500. The molecule has 1 amide bonds. The van der Waals surface area contributed by atoms with Crippen molar-refractivity contribution in [1.29, 1.82) is 0 Å². The van der Waals surface area contributed by atoms with Gasteiger partial charge in [0.2, 0.25) is 0 Å². The summed E-state index contributed by atoms with van der Waals surface area (Å²) in [6.07, 6.45) is 0.100. The number of benzene rings is 1. The van der Waals surface area contributed by atoms with Crippen LogP contribution in [-0.2, 0) is 11.2 Å². The highest BCUT2D eigenvalue weighted by atomic mass is 16.6. The van der Waals surface area contributed by atoms with Crippen LogP contribution in [0.1, 0.15) is 26.3 Å². The van der Waals surface area contributed by atoms with E-state index in [-0.39, 0.29) is 11.8 Å². The van der Waals surface area contributed by atoms with E-state index in [1.165, 1.54) is 0 Å². The third-order valence-electron chi connectivity index (χ3n) is 2.32. The summed E-state index contributed by atoms with van der Waals surface area (Å²) in [4.78, 5) is 11.4. The molecule has 19 heavy (non-hydrogen) atoms. The molecule has 0 aromatic heterocycles. The SMILES string of the molecule is CC(C)(C)OC(=O)NCC(N)Cc1cccc(O)c1. The number of hydrogen-bond acceptors (Lipinski definition) is 4. The summed E-state index contributed by atoms with van der Waals surface area (Å²) >= 11 is 0. The van der Waals surface area contributed by atoms with Crippen LogP contribution < -0.4 is 11.1 Å². The van der Waals surface area contributed by atoms with E-state index in [0.717, 1.165) is 5.56 Å². The first-order valence-corrected chi connectivity index (χ1v) is 6.26. The van der Waals surface area contributed by atoms with Gasteiger partial charge in [-0.25, -0.2) is 4.79 Å². The van der Waals surface area contributed by atoms with Crippen LogP contribution in [0.5, 0.6) is 5.75 Å². The molecular weight excluding hydrogens is 244 g/mol. The van der Waals surface area contributed by atoms with Gasteiger partial charge in [-0.05, 0) is 44.9 Å². The smallest absolute Gasteiger partial charge is 0.407 e. The predicted molar refractivity (Wildman–Crippen MR) is 74.0 cm³/mol. The van der Waals surface area contributed by atoms with Gasteiger partial charge in [0.1, 0.15) is 11.4 Å². The Morgan fingerprint density at radius 2 is 2.16 bits per heavy atom. The topological polar surface area (TPSA) is 84.6 Å². The molecule has 0 saturated heterocycles. The van der Waals surface area contributed by atoms with Crippen molar-refractivity contribution in [3.05, 3.63) is 29.8 Å². The Hall–Kier alpha value is -1.75. The molecular formula is C14H22N2O3.